The lowest BCUT2D eigenvalue weighted by Gasteiger charge is -2.06. The van der Waals surface area contributed by atoms with Crippen LogP contribution in [-0.2, 0) is 0 Å². The number of nitrogen functional groups attached to an aromatic ring is 1. The number of rotatable bonds is 4. The monoisotopic (exact) mass is 255 g/mol. The van der Waals surface area contributed by atoms with Crippen LogP contribution in [0.25, 0.3) is 5.69 Å². The Balaban J connectivity index is 2.51. The highest BCUT2D eigenvalue weighted by molar-refractivity contribution is 5.66. The van der Waals surface area contributed by atoms with E-state index in [1.54, 1.807) is 4.68 Å². The summed E-state index contributed by atoms with van der Waals surface area (Å²) >= 11 is 0. The van der Waals surface area contributed by atoms with E-state index in [2.05, 4.69) is 23.4 Å². The Morgan fingerprint density at radius 1 is 1.42 bits per heavy atom. The molecule has 0 atom stereocenters. The lowest BCUT2D eigenvalue weighted by atomic mass is 10.2. The molecule has 1 heterocycles. The number of para-hydroxylation sites is 1. The molecule has 0 unspecified atom stereocenters. The summed E-state index contributed by atoms with van der Waals surface area (Å²) < 4.78 is 1.62. The highest BCUT2D eigenvalue weighted by Gasteiger charge is 2.16. The van der Waals surface area contributed by atoms with Crippen LogP contribution in [0.1, 0.15) is 24.5 Å². The summed E-state index contributed by atoms with van der Waals surface area (Å²) in [6, 6.07) is 9.92. The molecule has 98 valence electrons. The van der Waals surface area contributed by atoms with Gasteiger partial charge in [-0.15, -0.1) is 5.10 Å². The Hall–Kier alpha value is -2.48. The first-order valence-electron chi connectivity index (χ1n) is 6.27. The summed E-state index contributed by atoms with van der Waals surface area (Å²) in [5.41, 5.74) is 8.37. The van der Waals surface area contributed by atoms with Crippen molar-refractivity contribution in [1.82, 2.24) is 9.78 Å². The SMILES string of the molecule is CCCNc1nn(-c2ccccc2C)c(N)c1C#N. The van der Waals surface area contributed by atoms with Crippen molar-refractivity contribution in [1.29, 1.82) is 5.26 Å². The summed E-state index contributed by atoms with van der Waals surface area (Å²) in [4.78, 5) is 0. The van der Waals surface area contributed by atoms with Crippen molar-refractivity contribution in [2.75, 3.05) is 17.6 Å². The molecule has 3 N–H and O–H groups in total. The van der Waals surface area contributed by atoms with Gasteiger partial charge in [-0.3, -0.25) is 0 Å². The van der Waals surface area contributed by atoms with E-state index in [1.807, 2.05) is 31.2 Å². The smallest absolute Gasteiger partial charge is 0.168 e. The van der Waals surface area contributed by atoms with Gasteiger partial charge in [0.15, 0.2) is 5.82 Å². The van der Waals surface area contributed by atoms with E-state index in [0.29, 0.717) is 17.2 Å². The molecule has 1 aromatic carbocycles. The zero-order valence-corrected chi connectivity index (χ0v) is 11.1. The first-order valence-corrected chi connectivity index (χ1v) is 6.27. The van der Waals surface area contributed by atoms with Gasteiger partial charge in [0.05, 0.1) is 5.69 Å². The molecule has 0 bridgehead atoms. The first kappa shape index (κ1) is 13.0. The fraction of sp³-hybridized carbons (Fsp3) is 0.286. The highest BCUT2D eigenvalue weighted by atomic mass is 15.3. The number of hydrogen-bond acceptors (Lipinski definition) is 4. The van der Waals surface area contributed by atoms with Gasteiger partial charge in [0.25, 0.3) is 0 Å². The minimum Gasteiger partial charge on any atom is -0.382 e. The van der Waals surface area contributed by atoms with Crippen LogP contribution in [0.4, 0.5) is 11.6 Å². The summed E-state index contributed by atoms with van der Waals surface area (Å²) in [6.45, 7) is 4.81. The number of anilines is 2. The average molecular weight is 255 g/mol. The fourth-order valence-electron chi connectivity index (χ4n) is 1.89. The normalized spacial score (nSPS) is 10.2. The topological polar surface area (TPSA) is 79.7 Å². The number of nitrogens with zero attached hydrogens (tertiary/aromatic N) is 3. The van der Waals surface area contributed by atoms with E-state index in [1.165, 1.54) is 0 Å². The Morgan fingerprint density at radius 2 is 2.16 bits per heavy atom. The third-order valence-electron chi connectivity index (χ3n) is 2.92. The van der Waals surface area contributed by atoms with Crippen LogP contribution in [-0.4, -0.2) is 16.3 Å². The number of nitrogens with one attached hydrogen (secondary N) is 1. The molecule has 0 radical (unpaired) electrons. The fourth-order valence-corrected chi connectivity index (χ4v) is 1.89. The van der Waals surface area contributed by atoms with Gasteiger partial charge >= 0.3 is 0 Å². The van der Waals surface area contributed by atoms with Crippen LogP contribution in [0.3, 0.4) is 0 Å². The third-order valence-corrected chi connectivity index (χ3v) is 2.92. The van der Waals surface area contributed by atoms with Crippen LogP contribution in [0.5, 0.6) is 0 Å². The standard InChI is InChI=1S/C14H17N5/c1-3-8-17-14-11(9-15)13(16)19(18-14)12-7-5-4-6-10(12)2/h4-7H,3,8,16H2,1-2H3,(H,17,18). The summed E-state index contributed by atoms with van der Waals surface area (Å²) in [7, 11) is 0. The molecule has 0 saturated carbocycles. The van der Waals surface area contributed by atoms with Gasteiger partial charge in [-0.25, -0.2) is 4.68 Å². The first-order chi connectivity index (χ1) is 9.19. The van der Waals surface area contributed by atoms with Crippen molar-refractivity contribution in [3.63, 3.8) is 0 Å². The number of benzene rings is 1. The van der Waals surface area contributed by atoms with Crippen molar-refractivity contribution in [3.8, 4) is 11.8 Å². The molecule has 2 rings (SSSR count). The number of nitrogens with two attached hydrogens (primary N) is 1. The molecule has 2 aromatic rings. The number of nitriles is 1. The predicted octanol–water partition coefficient (Wildman–Crippen LogP) is 2.46. The van der Waals surface area contributed by atoms with Gasteiger partial charge in [0, 0.05) is 6.54 Å². The molecule has 0 spiro atoms. The van der Waals surface area contributed by atoms with Crippen LogP contribution < -0.4 is 11.1 Å². The predicted molar refractivity (Wildman–Crippen MR) is 76.2 cm³/mol. The Labute approximate surface area is 112 Å². The molecule has 0 saturated heterocycles. The van der Waals surface area contributed by atoms with Crippen molar-refractivity contribution >= 4 is 11.6 Å². The lowest BCUT2D eigenvalue weighted by Crippen LogP contribution is -2.04. The Bertz CT molecular complexity index is 621. The molecule has 0 aliphatic rings. The molecular formula is C14H17N5. The average Bonchev–Trinajstić information content (AvgIpc) is 2.73. The zero-order chi connectivity index (χ0) is 13.8. The van der Waals surface area contributed by atoms with Crippen LogP contribution >= 0.6 is 0 Å². The second kappa shape index (κ2) is 5.44. The molecule has 0 aliphatic heterocycles. The number of aromatic nitrogens is 2. The van der Waals surface area contributed by atoms with Crippen LogP contribution in [0.15, 0.2) is 24.3 Å². The van der Waals surface area contributed by atoms with Crippen LogP contribution in [0.2, 0.25) is 0 Å². The largest absolute Gasteiger partial charge is 0.382 e. The Morgan fingerprint density at radius 3 is 2.79 bits per heavy atom. The van der Waals surface area contributed by atoms with E-state index in [9.17, 15) is 5.26 Å². The number of hydrogen-bond donors (Lipinski definition) is 2. The molecule has 19 heavy (non-hydrogen) atoms. The van der Waals surface area contributed by atoms with Crippen molar-refractivity contribution < 1.29 is 0 Å². The van der Waals surface area contributed by atoms with Crippen molar-refractivity contribution in [2.45, 2.75) is 20.3 Å². The van der Waals surface area contributed by atoms with Gasteiger partial charge < -0.3 is 11.1 Å². The van der Waals surface area contributed by atoms with E-state index in [4.69, 9.17) is 5.73 Å². The van der Waals surface area contributed by atoms with Gasteiger partial charge in [0.1, 0.15) is 17.5 Å². The summed E-state index contributed by atoms with van der Waals surface area (Å²) in [5.74, 6) is 0.917. The second-order valence-corrected chi connectivity index (χ2v) is 4.35. The van der Waals surface area contributed by atoms with Gasteiger partial charge in [-0.1, -0.05) is 25.1 Å². The maximum Gasteiger partial charge on any atom is 0.168 e. The van der Waals surface area contributed by atoms with Gasteiger partial charge in [-0.05, 0) is 25.0 Å². The molecule has 5 heteroatoms. The maximum atomic E-state index is 9.20. The minimum absolute atomic E-state index is 0.371. The van der Waals surface area contributed by atoms with Crippen LogP contribution in [0, 0.1) is 18.3 Å². The third kappa shape index (κ3) is 2.38. The molecule has 1 aromatic heterocycles. The van der Waals surface area contributed by atoms with E-state index >= 15 is 0 Å². The van der Waals surface area contributed by atoms with Gasteiger partial charge in [-0.2, -0.15) is 5.26 Å². The maximum absolute atomic E-state index is 9.20. The molecule has 0 fully saturated rings. The highest BCUT2D eigenvalue weighted by Crippen LogP contribution is 2.25. The van der Waals surface area contributed by atoms with Crippen molar-refractivity contribution in [2.24, 2.45) is 0 Å². The van der Waals surface area contributed by atoms with E-state index in [-0.39, 0.29) is 0 Å². The van der Waals surface area contributed by atoms with E-state index < -0.39 is 0 Å². The minimum atomic E-state index is 0.371. The quantitative estimate of drug-likeness (QED) is 0.879. The molecule has 5 nitrogen and oxygen atoms in total. The second-order valence-electron chi connectivity index (χ2n) is 4.35. The molecule has 0 aliphatic carbocycles. The molecule has 0 amide bonds. The van der Waals surface area contributed by atoms with Gasteiger partial charge in [0.2, 0.25) is 0 Å². The summed E-state index contributed by atoms with van der Waals surface area (Å²) in [5, 5.41) is 16.7. The molecular weight excluding hydrogens is 238 g/mol. The lowest BCUT2D eigenvalue weighted by molar-refractivity contribution is 0.874. The number of aryl methyl sites for hydroxylation is 1. The van der Waals surface area contributed by atoms with E-state index in [0.717, 1.165) is 24.2 Å². The Kier molecular flexibility index (Phi) is 3.71. The van der Waals surface area contributed by atoms with Crippen molar-refractivity contribution in [3.05, 3.63) is 35.4 Å². The summed E-state index contributed by atoms with van der Waals surface area (Å²) in [6.07, 6.45) is 0.960. The zero-order valence-electron chi connectivity index (χ0n) is 11.1.